The Morgan fingerprint density at radius 1 is 1.19 bits per heavy atom. The summed E-state index contributed by atoms with van der Waals surface area (Å²) < 4.78 is 3.04. The largest absolute Gasteiger partial charge is 0.294 e. The minimum atomic E-state index is 0.198. The fraction of sp³-hybridized carbons (Fsp3) is 0.412. The average Bonchev–Trinajstić information content (AvgIpc) is 2.90. The molecule has 0 aliphatic heterocycles. The van der Waals surface area contributed by atoms with Crippen LogP contribution in [0.4, 0.5) is 0 Å². The zero-order chi connectivity index (χ0) is 15.2. The molecule has 1 heterocycles. The molecule has 0 radical (unpaired) electrons. The van der Waals surface area contributed by atoms with Crippen LogP contribution in [0.25, 0.3) is 0 Å². The summed E-state index contributed by atoms with van der Waals surface area (Å²) in [4.78, 5) is 12.1. The summed E-state index contributed by atoms with van der Waals surface area (Å²) >= 11 is 3.38. The maximum Gasteiger partial charge on any atom is 0.162 e. The molecule has 0 unspecified atom stereocenters. The topological polar surface area (TPSA) is 34.9 Å². The van der Waals surface area contributed by atoms with E-state index in [9.17, 15) is 4.79 Å². The molecule has 2 aromatic rings. The Labute approximate surface area is 134 Å². The minimum absolute atomic E-state index is 0.198. The molecule has 0 bridgehead atoms. The van der Waals surface area contributed by atoms with Crippen LogP contribution in [0.1, 0.15) is 48.4 Å². The van der Waals surface area contributed by atoms with Gasteiger partial charge in [0.25, 0.3) is 0 Å². The van der Waals surface area contributed by atoms with Crippen molar-refractivity contribution in [2.75, 3.05) is 0 Å². The van der Waals surface area contributed by atoms with E-state index >= 15 is 0 Å². The zero-order valence-electron chi connectivity index (χ0n) is 12.6. The van der Waals surface area contributed by atoms with Crippen LogP contribution in [0.15, 0.2) is 34.8 Å². The molecule has 2 rings (SSSR count). The van der Waals surface area contributed by atoms with Crippen LogP contribution in [-0.4, -0.2) is 15.6 Å². The molecule has 1 aromatic heterocycles. The molecule has 112 valence electrons. The van der Waals surface area contributed by atoms with E-state index in [-0.39, 0.29) is 5.78 Å². The van der Waals surface area contributed by atoms with Gasteiger partial charge >= 0.3 is 0 Å². The van der Waals surface area contributed by atoms with Gasteiger partial charge in [-0.1, -0.05) is 41.9 Å². The highest BCUT2D eigenvalue weighted by atomic mass is 79.9. The highest BCUT2D eigenvalue weighted by molar-refractivity contribution is 9.10. The summed E-state index contributed by atoms with van der Waals surface area (Å²) in [6, 6.07) is 9.71. The number of hydrogen-bond acceptors (Lipinski definition) is 2. The number of rotatable bonds is 7. The number of benzene rings is 1. The van der Waals surface area contributed by atoms with Gasteiger partial charge in [0.1, 0.15) is 0 Å². The maximum absolute atomic E-state index is 12.1. The van der Waals surface area contributed by atoms with E-state index < -0.39 is 0 Å². The molecular formula is C17H21BrN2O. The third-order valence-electron chi connectivity index (χ3n) is 3.58. The first-order valence-electron chi connectivity index (χ1n) is 7.48. The second kappa shape index (κ2) is 7.55. The molecule has 0 fully saturated rings. The fourth-order valence-electron chi connectivity index (χ4n) is 2.34. The normalized spacial score (nSPS) is 10.8. The summed E-state index contributed by atoms with van der Waals surface area (Å²) in [5.74, 6) is 0.198. The van der Waals surface area contributed by atoms with Gasteiger partial charge in [-0.15, -0.1) is 0 Å². The lowest BCUT2D eigenvalue weighted by Crippen LogP contribution is -2.07. The zero-order valence-corrected chi connectivity index (χ0v) is 14.2. The van der Waals surface area contributed by atoms with Crippen LogP contribution >= 0.6 is 15.9 Å². The van der Waals surface area contributed by atoms with Gasteiger partial charge in [0.2, 0.25) is 0 Å². The number of aromatic nitrogens is 2. The highest BCUT2D eigenvalue weighted by Gasteiger charge is 2.08. The van der Waals surface area contributed by atoms with Gasteiger partial charge in [0, 0.05) is 28.7 Å². The number of halogens is 1. The molecule has 0 saturated heterocycles. The quantitative estimate of drug-likeness (QED) is 0.693. The predicted molar refractivity (Wildman–Crippen MR) is 88.7 cm³/mol. The first-order valence-corrected chi connectivity index (χ1v) is 8.27. The van der Waals surface area contributed by atoms with Gasteiger partial charge in [-0.2, -0.15) is 5.10 Å². The van der Waals surface area contributed by atoms with E-state index in [4.69, 9.17) is 0 Å². The molecule has 21 heavy (non-hydrogen) atoms. The summed E-state index contributed by atoms with van der Waals surface area (Å²) in [5.41, 5.74) is 3.16. The molecular weight excluding hydrogens is 328 g/mol. The molecule has 0 aliphatic rings. The number of aryl methyl sites for hydroxylation is 3. The van der Waals surface area contributed by atoms with Crippen LogP contribution in [0.5, 0.6) is 0 Å². The lowest BCUT2D eigenvalue weighted by atomic mass is 10.1. The maximum atomic E-state index is 12.1. The van der Waals surface area contributed by atoms with E-state index in [1.165, 1.54) is 5.69 Å². The van der Waals surface area contributed by atoms with Gasteiger partial charge in [0.15, 0.2) is 5.78 Å². The SMILES string of the molecule is CCc1cc(CC)n(CCCC(=O)c2ccc(Br)cc2)n1. The molecule has 0 amide bonds. The molecule has 0 N–H and O–H groups in total. The van der Waals surface area contributed by atoms with Crippen molar-refractivity contribution in [3.05, 3.63) is 51.8 Å². The van der Waals surface area contributed by atoms with Crippen molar-refractivity contribution >= 4 is 21.7 Å². The highest BCUT2D eigenvalue weighted by Crippen LogP contribution is 2.13. The van der Waals surface area contributed by atoms with Gasteiger partial charge in [-0.05, 0) is 37.5 Å². The Bertz CT molecular complexity index is 602. The Hall–Kier alpha value is -1.42. The van der Waals surface area contributed by atoms with E-state index in [1.54, 1.807) is 0 Å². The smallest absolute Gasteiger partial charge is 0.162 e. The van der Waals surface area contributed by atoms with Crippen molar-refractivity contribution < 1.29 is 4.79 Å². The summed E-state index contributed by atoms with van der Waals surface area (Å²) in [5, 5.41) is 4.58. The summed E-state index contributed by atoms with van der Waals surface area (Å²) in [7, 11) is 0. The lowest BCUT2D eigenvalue weighted by Gasteiger charge is -2.06. The predicted octanol–water partition coefficient (Wildman–Crippen LogP) is 4.43. The molecule has 0 atom stereocenters. The van der Waals surface area contributed by atoms with Crippen LogP contribution in [-0.2, 0) is 19.4 Å². The van der Waals surface area contributed by atoms with Crippen molar-refractivity contribution in [1.82, 2.24) is 9.78 Å². The number of carbonyl (C=O) groups is 1. The number of ketones is 1. The van der Waals surface area contributed by atoms with Crippen LogP contribution in [0, 0.1) is 0 Å². The molecule has 4 heteroatoms. The number of carbonyl (C=O) groups excluding carboxylic acids is 1. The molecule has 1 aromatic carbocycles. The number of nitrogens with zero attached hydrogens (tertiary/aromatic N) is 2. The Balaban J connectivity index is 1.90. The van der Waals surface area contributed by atoms with Crippen molar-refractivity contribution in [3.63, 3.8) is 0 Å². The number of Topliss-reactive ketones (excluding diaryl/α,β-unsaturated/α-hetero) is 1. The monoisotopic (exact) mass is 348 g/mol. The standard InChI is InChI=1S/C17H21BrN2O/c1-3-15-12-16(4-2)20(19-15)11-5-6-17(21)13-7-9-14(18)10-8-13/h7-10,12H,3-6,11H2,1-2H3. The van der Waals surface area contributed by atoms with Gasteiger partial charge in [-0.25, -0.2) is 0 Å². The van der Waals surface area contributed by atoms with E-state index in [2.05, 4.69) is 40.9 Å². The van der Waals surface area contributed by atoms with Crippen LogP contribution in [0.3, 0.4) is 0 Å². The van der Waals surface area contributed by atoms with Crippen molar-refractivity contribution in [2.24, 2.45) is 0 Å². The van der Waals surface area contributed by atoms with Crippen molar-refractivity contribution in [3.8, 4) is 0 Å². The molecule has 3 nitrogen and oxygen atoms in total. The molecule has 0 spiro atoms. The Kier molecular flexibility index (Phi) is 5.74. The number of hydrogen-bond donors (Lipinski definition) is 0. The van der Waals surface area contributed by atoms with E-state index in [1.807, 2.05) is 28.9 Å². The van der Waals surface area contributed by atoms with E-state index in [0.29, 0.717) is 6.42 Å². The fourth-order valence-corrected chi connectivity index (χ4v) is 2.60. The van der Waals surface area contributed by atoms with Gasteiger partial charge in [0.05, 0.1) is 5.69 Å². The van der Waals surface area contributed by atoms with Crippen molar-refractivity contribution in [1.29, 1.82) is 0 Å². The van der Waals surface area contributed by atoms with E-state index in [0.717, 1.165) is 41.5 Å². The third-order valence-corrected chi connectivity index (χ3v) is 4.11. The Morgan fingerprint density at radius 2 is 1.90 bits per heavy atom. The minimum Gasteiger partial charge on any atom is -0.294 e. The van der Waals surface area contributed by atoms with Gasteiger partial charge in [-0.3, -0.25) is 9.48 Å². The Morgan fingerprint density at radius 3 is 2.52 bits per heavy atom. The second-order valence-electron chi connectivity index (χ2n) is 5.09. The average molecular weight is 349 g/mol. The summed E-state index contributed by atoms with van der Waals surface area (Å²) in [6.07, 6.45) is 3.32. The van der Waals surface area contributed by atoms with Gasteiger partial charge < -0.3 is 0 Å². The lowest BCUT2D eigenvalue weighted by molar-refractivity contribution is 0.0978. The first kappa shape index (κ1) is 16.0. The van der Waals surface area contributed by atoms with Crippen molar-refractivity contribution in [2.45, 2.75) is 46.1 Å². The molecule has 0 saturated carbocycles. The van der Waals surface area contributed by atoms with Crippen LogP contribution < -0.4 is 0 Å². The second-order valence-corrected chi connectivity index (χ2v) is 6.01. The third kappa shape index (κ3) is 4.27. The summed E-state index contributed by atoms with van der Waals surface area (Å²) in [6.45, 7) is 5.06. The van der Waals surface area contributed by atoms with Crippen LogP contribution in [0.2, 0.25) is 0 Å². The molecule has 0 aliphatic carbocycles. The first-order chi connectivity index (χ1) is 10.1.